The van der Waals surface area contributed by atoms with E-state index in [0.717, 1.165) is 44.8 Å². The lowest BCUT2D eigenvalue weighted by atomic mass is 10.1. The number of rotatable bonds is 6. The number of hydrogen-bond donors (Lipinski definition) is 1. The minimum Gasteiger partial charge on any atom is -0.402 e. The molecule has 1 aliphatic heterocycles. The van der Waals surface area contributed by atoms with Gasteiger partial charge in [-0.3, -0.25) is 4.90 Å². The molecule has 1 saturated heterocycles. The summed E-state index contributed by atoms with van der Waals surface area (Å²) in [5.74, 6) is 1.03. The summed E-state index contributed by atoms with van der Waals surface area (Å²) in [5.41, 5.74) is 8.09. The van der Waals surface area contributed by atoms with Gasteiger partial charge in [-0.25, -0.2) is 9.97 Å². The Hall–Kier alpha value is -2.59. The van der Waals surface area contributed by atoms with Crippen molar-refractivity contribution in [2.45, 2.75) is 45.1 Å². The van der Waals surface area contributed by atoms with Crippen LogP contribution in [0.5, 0.6) is 5.75 Å². The predicted molar refractivity (Wildman–Crippen MR) is 123 cm³/mol. The molecule has 3 heterocycles. The van der Waals surface area contributed by atoms with Gasteiger partial charge < -0.3 is 19.9 Å². The first-order valence-electron chi connectivity index (χ1n) is 11.8. The van der Waals surface area contributed by atoms with Crippen molar-refractivity contribution in [3.05, 3.63) is 35.9 Å². The highest BCUT2D eigenvalue weighted by atomic mass is 19.4. The van der Waals surface area contributed by atoms with Gasteiger partial charge in [0, 0.05) is 62.5 Å². The van der Waals surface area contributed by atoms with E-state index >= 15 is 0 Å². The predicted octanol–water partition coefficient (Wildman–Crippen LogP) is 3.74. The molecule has 0 spiro atoms. The number of allylic oxidation sites excluding steroid dienone is 1. The fourth-order valence-corrected chi connectivity index (χ4v) is 5.25. The van der Waals surface area contributed by atoms with Gasteiger partial charge in [-0.2, -0.15) is 0 Å². The number of halogens is 3. The van der Waals surface area contributed by atoms with Gasteiger partial charge in [0.2, 0.25) is 0 Å². The zero-order valence-corrected chi connectivity index (χ0v) is 19.7. The number of ether oxygens (including phenoxy) is 1. The molecule has 5 rings (SSSR count). The Morgan fingerprint density at radius 2 is 1.94 bits per heavy atom. The zero-order valence-electron chi connectivity index (χ0n) is 19.7. The number of imidazole rings is 1. The van der Waals surface area contributed by atoms with E-state index in [-0.39, 0.29) is 11.9 Å². The van der Waals surface area contributed by atoms with Crippen LogP contribution in [-0.2, 0) is 6.42 Å². The average molecular weight is 477 g/mol. The molecule has 3 aliphatic rings. The SMILES string of the molecule is CC(C)Cc1nc(-c2cnc(N)c(OC(F)(F)F)c2)cn1[C@H]1C2=CC(N3CCN(C)CC3)C[C@@H]21. The maximum atomic E-state index is 12.8. The van der Waals surface area contributed by atoms with E-state index in [1.54, 1.807) is 0 Å². The number of piperazine rings is 1. The monoisotopic (exact) mass is 476 g/mol. The normalized spacial score (nSPS) is 25.5. The molecule has 1 unspecified atom stereocenters. The summed E-state index contributed by atoms with van der Waals surface area (Å²) in [5, 5.41) is 0. The molecule has 0 bridgehead atoms. The van der Waals surface area contributed by atoms with Gasteiger partial charge >= 0.3 is 6.36 Å². The zero-order chi connectivity index (χ0) is 24.2. The van der Waals surface area contributed by atoms with Gasteiger partial charge in [0.25, 0.3) is 0 Å². The van der Waals surface area contributed by atoms with Crippen molar-refractivity contribution < 1.29 is 17.9 Å². The Balaban J connectivity index is 1.39. The van der Waals surface area contributed by atoms with Crippen LogP contribution in [-0.4, -0.2) is 70.0 Å². The standard InChI is InChI=1S/C24H31F3N6O/c1-14(2)8-21-30-19(15-9-20(23(28)29-12-15)34-24(25,26)27)13-33(21)22-17-10-16(11-18(17)22)32-6-4-31(3)5-7-32/h9-10,12-14,16,18,22H,4-8,11H2,1-3H3,(H2,28,29)/t16?,18-,22-/m0/s1. The maximum Gasteiger partial charge on any atom is 0.573 e. The van der Waals surface area contributed by atoms with Gasteiger partial charge in [0.1, 0.15) is 5.82 Å². The quantitative estimate of drug-likeness (QED) is 0.641. The highest BCUT2D eigenvalue weighted by Gasteiger charge is 2.52. The molecule has 0 radical (unpaired) electrons. The summed E-state index contributed by atoms with van der Waals surface area (Å²) >= 11 is 0. The van der Waals surface area contributed by atoms with Crippen LogP contribution in [0.1, 0.15) is 32.1 Å². The molecule has 2 aliphatic carbocycles. The van der Waals surface area contributed by atoms with Crippen molar-refractivity contribution in [1.82, 2.24) is 24.3 Å². The number of nitrogens with zero attached hydrogens (tertiary/aromatic N) is 5. The van der Waals surface area contributed by atoms with Crippen molar-refractivity contribution in [3.8, 4) is 17.0 Å². The Morgan fingerprint density at radius 3 is 2.56 bits per heavy atom. The van der Waals surface area contributed by atoms with E-state index in [2.05, 4.69) is 51.1 Å². The molecule has 2 N–H and O–H groups in total. The Labute approximate surface area is 197 Å². The van der Waals surface area contributed by atoms with E-state index < -0.39 is 12.1 Å². The lowest BCUT2D eigenvalue weighted by Gasteiger charge is -2.36. The van der Waals surface area contributed by atoms with E-state index in [1.807, 2.05) is 6.20 Å². The average Bonchev–Trinajstić information content (AvgIpc) is 3.08. The van der Waals surface area contributed by atoms with Crippen molar-refractivity contribution in [1.29, 1.82) is 0 Å². The molecule has 7 nitrogen and oxygen atoms in total. The van der Waals surface area contributed by atoms with Crippen molar-refractivity contribution in [3.63, 3.8) is 0 Å². The molecule has 184 valence electrons. The number of aromatic nitrogens is 3. The Bertz CT molecular complexity index is 1090. The molecule has 2 aromatic heterocycles. The van der Waals surface area contributed by atoms with E-state index in [0.29, 0.717) is 29.1 Å². The smallest absolute Gasteiger partial charge is 0.402 e. The summed E-state index contributed by atoms with van der Waals surface area (Å²) in [6, 6.07) is 2.05. The van der Waals surface area contributed by atoms with E-state index in [4.69, 9.17) is 10.7 Å². The molecule has 34 heavy (non-hydrogen) atoms. The second kappa shape index (κ2) is 8.57. The minimum atomic E-state index is -4.84. The molecular formula is C24H31F3N6O. The van der Waals surface area contributed by atoms with Crippen LogP contribution < -0.4 is 10.5 Å². The van der Waals surface area contributed by atoms with Gasteiger partial charge in [0.15, 0.2) is 11.6 Å². The number of likely N-dealkylation sites (N-methyl/N-ethyl adjacent to an activating group) is 1. The lowest BCUT2D eigenvalue weighted by molar-refractivity contribution is -0.274. The van der Waals surface area contributed by atoms with Crippen LogP contribution in [0.15, 0.2) is 30.1 Å². The summed E-state index contributed by atoms with van der Waals surface area (Å²) in [7, 11) is 2.17. The fraction of sp³-hybridized carbons (Fsp3) is 0.583. The number of nitrogen functional groups attached to an aromatic ring is 1. The number of alkyl halides is 3. The third-order valence-corrected chi connectivity index (χ3v) is 7.03. The molecule has 10 heteroatoms. The van der Waals surface area contributed by atoms with Gasteiger partial charge in [-0.1, -0.05) is 19.9 Å². The van der Waals surface area contributed by atoms with Gasteiger partial charge in [-0.15, -0.1) is 13.2 Å². The second-order valence-electron chi connectivity index (χ2n) is 10.1. The second-order valence-corrected chi connectivity index (χ2v) is 10.1. The fourth-order valence-electron chi connectivity index (χ4n) is 5.25. The van der Waals surface area contributed by atoms with Crippen LogP contribution in [0, 0.1) is 11.8 Å². The summed E-state index contributed by atoms with van der Waals surface area (Å²) in [6.07, 6.45) is 2.88. The number of nitrogens with two attached hydrogens (primary N) is 1. The van der Waals surface area contributed by atoms with E-state index in [1.165, 1.54) is 17.8 Å². The summed E-state index contributed by atoms with van der Waals surface area (Å²) in [6.45, 7) is 8.68. The molecule has 3 atom stereocenters. The number of pyridine rings is 1. The van der Waals surface area contributed by atoms with Crippen LogP contribution in [0.2, 0.25) is 0 Å². The molecule has 0 amide bonds. The molecule has 2 aromatic rings. The summed E-state index contributed by atoms with van der Waals surface area (Å²) in [4.78, 5) is 13.6. The first-order chi connectivity index (χ1) is 16.1. The maximum absolute atomic E-state index is 12.8. The first kappa shape index (κ1) is 23.2. The van der Waals surface area contributed by atoms with Crippen LogP contribution >= 0.6 is 0 Å². The molecule has 2 fully saturated rings. The highest BCUT2D eigenvalue weighted by molar-refractivity contribution is 5.64. The largest absolute Gasteiger partial charge is 0.573 e. The number of anilines is 1. The number of fused-ring (bicyclic) bond motifs is 1. The van der Waals surface area contributed by atoms with Crippen LogP contribution in [0.25, 0.3) is 11.3 Å². The van der Waals surface area contributed by atoms with Crippen molar-refractivity contribution in [2.75, 3.05) is 39.0 Å². The minimum absolute atomic E-state index is 0.284. The molecular weight excluding hydrogens is 445 g/mol. The Kier molecular flexibility index (Phi) is 5.84. The third-order valence-electron chi connectivity index (χ3n) is 7.03. The van der Waals surface area contributed by atoms with Gasteiger partial charge in [0.05, 0.1) is 11.7 Å². The van der Waals surface area contributed by atoms with Crippen LogP contribution in [0.3, 0.4) is 0 Å². The van der Waals surface area contributed by atoms with E-state index in [9.17, 15) is 13.2 Å². The van der Waals surface area contributed by atoms with Crippen molar-refractivity contribution in [2.24, 2.45) is 11.8 Å². The first-order valence-corrected chi connectivity index (χ1v) is 11.8. The molecule has 1 saturated carbocycles. The van der Waals surface area contributed by atoms with Crippen LogP contribution in [0.4, 0.5) is 19.0 Å². The van der Waals surface area contributed by atoms with Crippen molar-refractivity contribution >= 4 is 5.82 Å². The highest BCUT2D eigenvalue weighted by Crippen LogP contribution is 2.58. The third kappa shape index (κ3) is 4.65. The Morgan fingerprint density at radius 1 is 1.21 bits per heavy atom. The molecule has 0 aromatic carbocycles. The topological polar surface area (TPSA) is 72.4 Å². The lowest BCUT2D eigenvalue weighted by Crippen LogP contribution is -2.48. The number of hydrogen-bond acceptors (Lipinski definition) is 6. The summed E-state index contributed by atoms with van der Waals surface area (Å²) < 4.78 is 44.6. The van der Waals surface area contributed by atoms with Gasteiger partial charge in [-0.05, 0) is 31.0 Å².